The summed E-state index contributed by atoms with van der Waals surface area (Å²) in [4.78, 5) is 32.0. The summed E-state index contributed by atoms with van der Waals surface area (Å²) in [6, 6.07) is 17.9. The summed E-state index contributed by atoms with van der Waals surface area (Å²) < 4.78 is 20.3. The molecule has 0 saturated carbocycles. The van der Waals surface area contributed by atoms with Crippen molar-refractivity contribution < 1.29 is 13.9 Å². The van der Waals surface area contributed by atoms with E-state index in [1.54, 1.807) is 0 Å². The van der Waals surface area contributed by atoms with Gasteiger partial charge in [-0.05, 0) is 73.5 Å². The van der Waals surface area contributed by atoms with Crippen LogP contribution in [0.4, 0.5) is 10.2 Å². The molecule has 0 N–H and O–H groups in total. The second-order valence-electron chi connectivity index (χ2n) is 12.3. The second-order valence-corrected chi connectivity index (χ2v) is 12.7. The summed E-state index contributed by atoms with van der Waals surface area (Å²) >= 11 is 6.69. The van der Waals surface area contributed by atoms with Crippen LogP contribution in [0.5, 0.6) is 6.01 Å². The molecule has 3 aliphatic heterocycles. The first-order valence-corrected chi connectivity index (χ1v) is 15.9. The van der Waals surface area contributed by atoms with E-state index in [0.29, 0.717) is 36.5 Å². The van der Waals surface area contributed by atoms with E-state index >= 15 is 0 Å². The lowest BCUT2D eigenvalue weighted by Crippen LogP contribution is -2.56. The fraction of sp³-hybridized carbons (Fsp3) is 0.371. The van der Waals surface area contributed by atoms with Crippen molar-refractivity contribution in [3.8, 4) is 17.1 Å². The van der Waals surface area contributed by atoms with Crippen molar-refractivity contribution in [3.63, 3.8) is 0 Å². The van der Waals surface area contributed by atoms with Crippen LogP contribution in [0, 0.1) is 6.57 Å². The van der Waals surface area contributed by atoms with Gasteiger partial charge in [0.2, 0.25) is 6.54 Å². The first-order valence-electron chi connectivity index (χ1n) is 15.5. The molecule has 3 aromatic carbocycles. The van der Waals surface area contributed by atoms with E-state index in [2.05, 4.69) is 39.4 Å². The van der Waals surface area contributed by atoms with E-state index in [0.717, 1.165) is 58.7 Å². The quantitative estimate of drug-likeness (QED) is 0.172. The van der Waals surface area contributed by atoms with Gasteiger partial charge in [0.1, 0.15) is 18.5 Å². The van der Waals surface area contributed by atoms with Crippen molar-refractivity contribution in [1.82, 2.24) is 19.8 Å². The fourth-order valence-corrected chi connectivity index (χ4v) is 7.78. The molecule has 1 amide bonds. The summed E-state index contributed by atoms with van der Waals surface area (Å²) in [6.07, 6.45) is 4.54. The van der Waals surface area contributed by atoms with Gasteiger partial charge < -0.3 is 19.4 Å². The van der Waals surface area contributed by atoms with Crippen LogP contribution in [-0.2, 0) is 4.79 Å². The van der Waals surface area contributed by atoms with Gasteiger partial charge in [0.25, 0.3) is 5.91 Å². The molecule has 3 aliphatic rings. The number of piperazine rings is 1. The summed E-state index contributed by atoms with van der Waals surface area (Å²) in [7, 11) is 0. The predicted molar refractivity (Wildman–Crippen MR) is 175 cm³/mol. The Morgan fingerprint density at radius 2 is 1.87 bits per heavy atom. The Kier molecular flexibility index (Phi) is 7.80. The Morgan fingerprint density at radius 3 is 2.62 bits per heavy atom. The number of halogens is 2. The topological polar surface area (TPSA) is 66.2 Å². The highest BCUT2D eigenvalue weighted by molar-refractivity contribution is 6.36. The van der Waals surface area contributed by atoms with Gasteiger partial charge in [0.15, 0.2) is 5.83 Å². The van der Waals surface area contributed by atoms with Gasteiger partial charge in [-0.2, -0.15) is 9.97 Å². The number of benzene rings is 3. The van der Waals surface area contributed by atoms with E-state index in [4.69, 9.17) is 32.9 Å². The number of rotatable bonds is 7. The molecule has 45 heavy (non-hydrogen) atoms. The van der Waals surface area contributed by atoms with E-state index in [1.165, 1.54) is 17.7 Å². The van der Waals surface area contributed by atoms with Gasteiger partial charge in [0.05, 0.1) is 11.1 Å². The van der Waals surface area contributed by atoms with Crippen LogP contribution in [-0.4, -0.2) is 83.1 Å². The third kappa shape index (κ3) is 5.36. The number of ether oxygens (including phenoxy) is 1. The molecule has 7 rings (SSSR count). The minimum atomic E-state index is -1.02. The van der Waals surface area contributed by atoms with Crippen molar-refractivity contribution in [2.75, 3.05) is 50.8 Å². The van der Waals surface area contributed by atoms with Crippen molar-refractivity contribution in [3.05, 3.63) is 83.4 Å². The smallest absolute Gasteiger partial charge is 0.319 e. The van der Waals surface area contributed by atoms with Crippen LogP contribution in [0.15, 0.2) is 67.0 Å². The van der Waals surface area contributed by atoms with Crippen molar-refractivity contribution in [1.29, 1.82) is 0 Å². The molecule has 0 spiro atoms. The zero-order chi connectivity index (χ0) is 31.1. The summed E-state index contributed by atoms with van der Waals surface area (Å²) in [5.41, 5.74) is 2.73. The number of carbonyl (C=O) groups is 1. The van der Waals surface area contributed by atoms with E-state index in [1.807, 2.05) is 36.4 Å². The van der Waals surface area contributed by atoms with Crippen LogP contribution in [0.1, 0.15) is 25.7 Å². The Labute approximate surface area is 266 Å². The minimum Gasteiger partial charge on any atom is -0.461 e. The first kappa shape index (κ1) is 29.5. The second kappa shape index (κ2) is 11.9. The van der Waals surface area contributed by atoms with Crippen LogP contribution < -0.4 is 9.64 Å². The number of hydrogen-bond acceptors (Lipinski definition) is 6. The number of fused-ring (bicyclic) bond motifs is 3. The minimum absolute atomic E-state index is 0.0293. The molecule has 10 heteroatoms. The van der Waals surface area contributed by atoms with Crippen molar-refractivity contribution >= 4 is 45.0 Å². The zero-order valence-electron chi connectivity index (χ0n) is 25.0. The Morgan fingerprint density at radius 1 is 1.09 bits per heavy atom. The van der Waals surface area contributed by atoms with Crippen molar-refractivity contribution in [2.45, 2.75) is 37.3 Å². The molecular weight excluding hydrogens is 591 g/mol. The molecule has 1 aromatic heterocycles. The monoisotopic (exact) mass is 624 g/mol. The SMILES string of the molecule is [C-]#[N+]C[C@H]1CN(c2nc(OCC34CCCN3CCC4)nc3cc(-c4cccc5cccc(Cl)c45)ccc23)CCN1C(=O)C(=C)F. The summed E-state index contributed by atoms with van der Waals surface area (Å²) in [5.74, 6) is -1.11. The van der Waals surface area contributed by atoms with Gasteiger partial charge in [-0.3, -0.25) is 9.69 Å². The van der Waals surface area contributed by atoms with Gasteiger partial charge in [-0.15, -0.1) is 0 Å². The zero-order valence-corrected chi connectivity index (χ0v) is 25.8. The summed E-state index contributed by atoms with van der Waals surface area (Å²) in [5, 5.41) is 3.54. The molecule has 0 radical (unpaired) electrons. The van der Waals surface area contributed by atoms with Crippen LogP contribution in [0.3, 0.4) is 0 Å². The van der Waals surface area contributed by atoms with Crippen LogP contribution >= 0.6 is 11.6 Å². The molecule has 8 nitrogen and oxygen atoms in total. The van der Waals surface area contributed by atoms with Gasteiger partial charge in [-0.1, -0.05) is 54.6 Å². The van der Waals surface area contributed by atoms with Gasteiger partial charge in [-0.25, -0.2) is 11.0 Å². The standard InChI is InChI=1S/C35H34ClFN6O2/c1-23(37)33(44)43-18-17-41(21-26(43)20-38-2)32-28-12-11-25(27-9-3-7-24-8-4-10-29(36)31(24)27)19-30(28)39-34(40-32)45-22-35-13-5-15-42(35)16-6-14-35/h3-4,7-12,19,26H,1,5-6,13-18,20-22H2/t26-/m0/s1. The molecule has 3 fully saturated rings. The highest BCUT2D eigenvalue weighted by atomic mass is 35.5. The maximum Gasteiger partial charge on any atom is 0.319 e. The first-order chi connectivity index (χ1) is 21.9. The molecule has 230 valence electrons. The van der Waals surface area contributed by atoms with E-state index in [9.17, 15) is 9.18 Å². The molecule has 0 bridgehead atoms. The number of anilines is 1. The highest BCUT2D eigenvalue weighted by Crippen LogP contribution is 2.40. The molecule has 4 heterocycles. The summed E-state index contributed by atoms with van der Waals surface area (Å²) in [6.45, 7) is 14.4. The van der Waals surface area contributed by atoms with Gasteiger partial charge >= 0.3 is 6.01 Å². The maximum absolute atomic E-state index is 13.9. The lowest BCUT2D eigenvalue weighted by molar-refractivity contribution is -0.131. The Hall–Kier alpha value is -4.26. The fourth-order valence-electron chi connectivity index (χ4n) is 7.49. The lowest BCUT2D eigenvalue weighted by atomic mass is 9.95. The molecule has 0 aliphatic carbocycles. The molecular formula is C35H34ClFN6O2. The number of amides is 1. The molecule has 4 aromatic rings. The Balaban J connectivity index is 1.30. The number of aromatic nitrogens is 2. The van der Waals surface area contributed by atoms with Crippen molar-refractivity contribution in [2.24, 2.45) is 0 Å². The Bertz CT molecular complexity index is 1840. The average Bonchev–Trinajstić information content (AvgIpc) is 3.63. The predicted octanol–water partition coefficient (Wildman–Crippen LogP) is 6.53. The normalized spacial score (nSPS) is 19.5. The molecule has 1 atom stereocenters. The third-order valence-electron chi connectivity index (χ3n) is 9.68. The lowest BCUT2D eigenvalue weighted by Gasteiger charge is -2.39. The van der Waals surface area contributed by atoms with E-state index in [-0.39, 0.29) is 18.6 Å². The largest absolute Gasteiger partial charge is 0.461 e. The van der Waals surface area contributed by atoms with Crippen LogP contribution in [0.25, 0.3) is 37.6 Å². The number of carbonyl (C=O) groups excluding carboxylic acids is 1. The number of hydrogen-bond donors (Lipinski definition) is 0. The third-order valence-corrected chi connectivity index (χ3v) is 9.99. The van der Waals surface area contributed by atoms with Crippen LogP contribution in [0.2, 0.25) is 5.02 Å². The molecule has 3 saturated heterocycles. The van der Waals surface area contributed by atoms with Gasteiger partial charge in [0, 0.05) is 35.4 Å². The van der Waals surface area contributed by atoms with E-state index < -0.39 is 17.8 Å². The average molecular weight is 625 g/mol. The maximum atomic E-state index is 13.9. The highest BCUT2D eigenvalue weighted by Gasteiger charge is 2.45. The number of nitrogens with zero attached hydrogens (tertiary/aromatic N) is 6. The molecule has 0 unspecified atom stereocenters.